The van der Waals surface area contributed by atoms with Crippen molar-refractivity contribution in [3.63, 3.8) is 0 Å². The highest BCUT2D eigenvalue weighted by Crippen LogP contribution is 2.46. The second-order valence-electron chi connectivity index (χ2n) is 6.45. The first-order valence-corrected chi connectivity index (χ1v) is 8.97. The molecule has 2 heterocycles. The smallest absolute Gasteiger partial charge is 0.156 e. The summed E-state index contributed by atoms with van der Waals surface area (Å²) in [5.41, 5.74) is 2.18. The normalized spacial score (nSPS) is 35.8. The second kappa shape index (κ2) is 4.57. The van der Waals surface area contributed by atoms with Crippen molar-refractivity contribution in [3.8, 4) is 0 Å². The zero-order valence-corrected chi connectivity index (χ0v) is 12.9. The lowest BCUT2D eigenvalue weighted by Crippen LogP contribution is -2.50. The lowest BCUT2D eigenvalue weighted by Gasteiger charge is -2.44. The summed E-state index contributed by atoms with van der Waals surface area (Å²) in [7, 11) is -3.03. The molecule has 0 aliphatic carbocycles. The van der Waals surface area contributed by atoms with Crippen LogP contribution in [0.4, 0.5) is 0 Å². The highest BCUT2D eigenvalue weighted by Gasteiger charge is 2.51. The van der Waals surface area contributed by atoms with Gasteiger partial charge in [0, 0.05) is 0 Å². The quantitative estimate of drug-likeness (QED) is 0.866. The molecule has 110 valence electrons. The average Bonchev–Trinajstić information content (AvgIpc) is 2.35. The molecule has 4 heteroatoms. The molecule has 1 aromatic carbocycles. The summed E-state index contributed by atoms with van der Waals surface area (Å²) in [6.07, 6.45) is 3.09. The molecule has 1 aromatic rings. The van der Waals surface area contributed by atoms with Crippen molar-refractivity contribution in [2.24, 2.45) is 0 Å². The molecule has 0 aromatic heterocycles. The molecule has 0 saturated carbocycles. The monoisotopic (exact) mass is 294 g/mol. The van der Waals surface area contributed by atoms with Gasteiger partial charge in [0.1, 0.15) is 0 Å². The van der Waals surface area contributed by atoms with Gasteiger partial charge in [0.05, 0.1) is 16.1 Å². The molecule has 2 aliphatic heterocycles. The molecule has 0 radical (unpaired) electrons. The fourth-order valence-electron chi connectivity index (χ4n) is 3.92. The van der Waals surface area contributed by atoms with Crippen LogP contribution in [-0.4, -0.2) is 24.0 Å². The summed E-state index contributed by atoms with van der Waals surface area (Å²) in [4.78, 5) is 0. The van der Waals surface area contributed by atoms with Gasteiger partial charge in [-0.1, -0.05) is 24.6 Å². The van der Waals surface area contributed by atoms with E-state index >= 15 is 0 Å². The van der Waals surface area contributed by atoms with Crippen molar-refractivity contribution < 1.29 is 13.5 Å². The van der Waals surface area contributed by atoms with Gasteiger partial charge in [0.2, 0.25) is 0 Å². The van der Waals surface area contributed by atoms with E-state index < -0.39 is 15.4 Å². The Labute approximate surface area is 120 Å². The van der Waals surface area contributed by atoms with Crippen LogP contribution in [0.1, 0.15) is 48.8 Å². The number of rotatable bonds is 1. The van der Waals surface area contributed by atoms with E-state index in [1.807, 2.05) is 32.0 Å². The van der Waals surface area contributed by atoms with Crippen LogP contribution in [0.3, 0.4) is 0 Å². The third-order valence-corrected chi connectivity index (χ3v) is 7.88. The minimum atomic E-state index is -3.03. The summed E-state index contributed by atoms with van der Waals surface area (Å²) < 4.78 is 24.7. The van der Waals surface area contributed by atoms with Gasteiger partial charge >= 0.3 is 0 Å². The van der Waals surface area contributed by atoms with Gasteiger partial charge in [0.15, 0.2) is 9.84 Å². The molecule has 0 amide bonds. The van der Waals surface area contributed by atoms with Crippen molar-refractivity contribution in [1.82, 2.24) is 0 Å². The Morgan fingerprint density at radius 1 is 1.15 bits per heavy atom. The molecule has 2 unspecified atom stereocenters. The van der Waals surface area contributed by atoms with Crippen LogP contribution in [0, 0.1) is 13.8 Å². The number of hydrogen-bond donors (Lipinski definition) is 1. The highest BCUT2D eigenvalue weighted by atomic mass is 32.2. The van der Waals surface area contributed by atoms with E-state index in [-0.39, 0.29) is 10.5 Å². The SMILES string of the molecule is Cc1cccc(C2(O)CC3CCCC(C2)S3(=O)=O)c1C. The number of fused-ring (bicyclic) bond motifs is 2. The predicted molar refractivity (Wildman–Crippen MR) is 79.4 cm³/mol. The molecule has 2 aliphatic rings. The van der Waals surface area contributed by atoms with Gasteiger partial charge in [-0.3, -0.25) is 0 Å². The van der Waals surface area contributed by atoms with Crippen LogP contribution >= 0.6 is 0 Å². The zero-order valence-electron chi connectivity index (χ0n) is 12.1. The van der Waals surface area contributed by atoms with E-state index in [0.29, 0.717) is 25.7 Å². The first-order chi connectivity index (χ1) is 9.34. The first-order valence-electron chi connectivity index (χ1n) is 7.36. The molecular formula is C16H22O3S. The minimum Gasteiger partial charge on any atom is -0.385 e. The maximum Gasteiger partial charge on any atom is 0.156 e. The van der Waals surface area contributed by atoms with Crippen LogP contribution < -0.4 is 0 Å². The Balaban J connectivity index is 2.04. The number of hydrogen-bond acceptors (Lipinski definition) is 3. The van der Waals surface area contributed by atoms with Crippen LogP contribution in [0.5, 0.6) is 0 Å². The maximum atomic E-state index is 12.4. The largest absolute Gasteiger partial charge is 0.385 e. The van der Waals surface area contributed by atoms with Crippen LogP contribution in [0.15, 0.2) is 18.2 Å². The molecule has 3 nitrogen and oxygen atoms in total. The van der Waals surface area contributed by atoms with Crippen LogP contribution in [0.2, 0.25) is 0 Å². The van der Waals surface area contributed by atoms with Crippen molar-refractivity contribution in [3.05, 3.63) is 34.9 Å². The third-order valence-electron chi connectivity index (χ3n) is 5.22. The molecule has 2 bridgehead atoms. The van der Waals surface area contributed by atoms with Gasteiger partial charge < -0.3 is 5.11 Å². The zero-order chi connectivity index (χ0) is 14.5. The summed E-state index contributed by atoms with van der Waals surface area (Å²) in [5, 5.41) is 10.4. The molecule has 0 spiro atoms. The van der Waals surface area contributed by atoms with E-state index in [2.05, 4.69) is 0 Å². The van der Waals surface area contributed by atoms with Crippen molar-refractivity contribution >= 4 is 9.84 Å². The van der Waals surface area contributed by atoms with E-state index in [9.17, 15) is 13.5 Å². The summed E-state index contributed by atoms with van der Waals surface area (Å²) in [5.74, 6) is 0. The van der Waals surface area contributed by atoms with E-state index in [0.717, 1.165) is 23.1 Å². The van der Waals surface area contributed by atoms with Gasteiger partial charge in [-0.15, -0.1) is 0 Å². The van der Waals surface area contributed by atoms with Crippen molar-refractivity contribution in [2.45, 2.75) is 62.1 Å². The minimum absolute atomic E-state index is 0.357. The van der Waals surface area contributed by atoms with Gasteiger partial charge in [-0.05, 0) is 56.2 Å². The Morgan fingerprint density at radius 2 is 1.75 bits per heavy atom. The number of aryl methyl sites for hydroxylation is 1. The summed E-state index contributed by atoms with van der Waals surface area (Å²) >= 11 is 0. The summed E-state index contributed by atoms with van der Waals surface area (Å²) in [6, 6.07) is 5.94. The predicted octanol–water partition coefficient (Wildman–Crippen LogP) is 2.62. The fourth-order valence-corrected chi connectivity index (χ4v) is 6.47. The molecule has 2 saturated heterocycles. The van der Waals surface area contributed by atoms with Crippen molar-refractivity contribution in [1.29, 1.82) is 0 Å². The van der Waals surface area contributed by atoms with E-state index in [1.165, 1.54) is 0 Å². The molecule has 20 heavy (non-hydrogen) atoms. The first kappa shape index (κ1) is 14.1. The molecule has 1 N–H and O–H groups in total. The van der Waals surface area contributed by atoms with Crippen LogP contribution in [0.25, 0.3) is 0 Å². The molecule has 3 rings (SSSR count). The third kappa shape index (κ3) is 2.01. The Kier molecular flexibility index (Phi) is 3.22. The maximum absolute atomic E-state index is 12.4. The van der Waals surface area contributed by atoms with E-state index in [4.69, 9.17) is 0 Å². The van der Waals surface area contributed by atoms with Gasteiger partial charge in [-0.2, -0.15) is 0 Å². The topological polar surface area (TPSA) is 54.4 Å². The fraction of sp³-hybridized carbons (Fsp3) is 0.625. The number of aliphatic hydroxyl groups is 1. The van der Waals surface area contributed by atoms with Crippen LogP contribution in [-0.2, 0) is 15.4 Å². The lowest BCUT2D eigenvalue weighted by molar-refractivity contribution is 0.00440. The molecule has 2 fully saturated rings. The standard InChI is InChI=1S/C16H22O3S/c1-11-5-3-8-15(12(11)2)16(17)9-13-6-4-7-14(10-16)20(13,18)19/h3,5,8,13-14,17H,4,6-7,9-10H2,1-2H3. The second-order valence-corrected chi connectivity index (χ2v) is 8.96. The molecule has 2 atom stereocenters. The Hall–Kier alpha value is -0.870. The molecular weight excluding hydrogens is 272 g/mol. The summed E-state index contributed by atoms with van der Waals surface area (Å²) in [6.45, 7) is 4.05. The number of benzene rings is 1. The Morgan fingerprint density at radius 3 is 2.35 bits per heavy atom. The van der Waals surface area contributed by atoms with E-state index in [1.54, 1.807) is 0 Å². The van der Waals surface area contributed by atoms with Gasteiger partial charge in [-0.25, -0.2) is 8.42 Å². The van der Waals surface area contributed by atoms with Crippen molar-refractivity contribution in [2.75, 3.05) is 0 Å². The average molecular weight is 294 g/mol. The highest BCUT2D eigenvalue weighted by molar-refractivity contribution is 7.92. The number of sulfone groups is 1. The van der Waals surface area contributed by atoms with Gasteiger partial charge in [0.25, 0.3) is 0 Å². The lowest BCUT2D eigenvalue weighted by atomic mass is 9.78. The Bertz CT molecular complexity index is 613.